The summed E-state index contributed by atoms with van der Waals surface area (Å²) in [7, 11) is 0. The molecule has 0 aromatic rings. The van der Waals surface area contributed by atoms with Crippen molar-refractivity contribution in [2.45, 2.75) is 45.1 Å². The maximum absolute atomic E-state index is 8.55. The molecule has 1 aliphatic carbocycles. The Bertz CT molecular complexity index is 104. The molecule has 60 valence electrons. The zero-order chi connectivity index (χ0) is 7.61. The molecule has 0 saturated heterocycles. The number of hydrogen-bond acceptors (Lipinski definition) is 2. The third kappa shape index (κ3) is 1.50. The Morgan fingerprint density at radius 3 is 2.20 bits per heavy atom. The molecule has 0 atom stereocenters. The summed E-state index contributed by atoms with van der Waals surface area (Å²) in [6, 6.07) is 0. The monoisotopic (exact) mass is 144 g/mol. The molecule has 0 spiro atoms. The topological polar surface area (TPSA) is 29.5 Å². The normalized spacial score (nSPS) is 21.9. The number of hydrogen-bond donors (Lipinski definition) is 1. The third-order valence-corrected chi connectivity index (χ3v) is 2.57. The van der Waals surface area contributed by atoms with Crippen molar-refractivity contribution >= 4 is 0 Å². The van der Waals surface area contributed by atoms with E-state index in [2.05, 4.69) is 4.89 Å². The Morgan fingerprint density at radius 1 is 1.30 bits per heavy atom. The van der Waals surface area contributed by atoms with Crippen molar-refractivity contribution in [3.8, 4) is 0 Å². The van der Waals surface area contributed by atoms with Gasteiger partial charge in [-0.2, -0.15) is 0 Å². The highest BCUT2D eigenvalue weighted by Crippen LogP contribution is 2.35. The summed E-state index contributed by atoms with van der Waals surface area (Å²) in [4.78, 5) is 4.42. The summed E-state index contributed by atoms with van der Waals surface area (Å²) >= 11 is 0. The zero-order valence-electron chi connectivity index (χ0n) is 6.76. The molecule has 1 saturated carbocycles. The molecule has 0 bridgehead atoms. The van der Waals surface area contributed by atoms with Gasteiger partial charge in [0.1, 0.15) is 5.60 Å². The first-order valence-electron chi connectivity index (χ1n) is 3.99. The van der Waals surface area contributed by atoms with E-state index in [0.717, 1.165) is 0 Å². The van der Waals surface area contributed by atoms with E-state index >= 15 is 0 Å². The Morgan fingerprint density at radius 2 is 1.80 bits per heavy atom. The lowest BCUT2D eigenvalue weighted by Crippen LogP contribution is -2.31. The van der Waals surface area contributed by atoms with E-state index in [1.807, 2.05) is 13.8 Å². The molecule has 0 aliphatic heterocycles. The standard InChI is InChI=1S/C8H16O2/c1-8(2,10-9)7-5-3-4-6-7/h7,9H,3-6H2,1-2H3. The first-order valence-corrected chi connectivity index (χ1v) is 3.99. The minimum atomic E-state index is -0.323. The molecule has 1 fully saturated rings. The molecule has 10 heavy (non-hydrogen) atoms. The average molecular weight is 144 g/mol. The van der Waals surface area contributed by atoms with Crippen molar-refractivity contribution in [3.63, 3.8) is 0 Å². The van der Waals surface area contributed by atoms with E-state index < -0.39 is 0 Å². The molecule has 0 aromatic heterocycles. The maximum Gasteiger partial charge on any atom is 0.100 e. The van der Waals surface area contributed by atoms with Crippen molar-refractivity contribution in [2.24, 2.45) is 5.92 Å². The van der Waals surface area contributed by atoms with E-state index in [9.17, 15) is 0 Å². The summed E-state index contributed by atoms with van der Waals surface area (Å²) in [5, 5.41) is 8.55. The summed E-state index contributed by atoms with van der Waals surface area (Å²) < 4.78 is 0. The summed E-state index contributed by atoms with van der Waals surface area (Å²) in [6.07, 6.45) is 4.98. The van der Waals surface area contributed by atoms with E-state index in [0.29, 0.717) is 5.92 Å². The quantitative estimate of drug-likeness (QED) is 0.476. The van der Waals surface area contributed by atoms with Gasteiger partial charge < -0.3 is 0 Å². The summed E-state index contributed by atoms with van der Waals surface area (Å²) in [5.74, 6) is 0.553. The second-order valence-corrected chi connectivity index (χ2v) is 3.68. The second-order valence-electron chi connectivity index (χ2n) is 3.68. The SMILES string of the molecule is CC(C)(OO)C1CCCC1. The lowest BCUT2D eigenvalue weighted by molar-refractivity contribution is -0.326. The Hall–Kier alpha value is -0.0800. The largest absolute Gasteiger partial charge is 0.251 e. The Balaban J connectivity index is 2.45. The van der Waals surface area contributed by atoms with E-state index in [1.54, 1.807) is 0 Å². The van der Waals surface area contributed by atoms with Gasteiger partial charge in [0.2, 0.25) is 0 Å². The average Bonchev–Trinajstić information content (AvgIpc) is 2.38. The molecule has 0 aromatic carbocycles. The molecule has 1 rings (SSSR count). The summed E-state index contributed by atoms with van der Waals surface area (Å²) in [6.45, 7) is 3.89. The molecule has 0 radical (unpaired) electrons. The molecule has 0 amide bonds. The van der Waals surface area contributed by atoms with Crippen LogP contribution in [0.4, 0.5) is 0 Å². The van der Waals surface area contributed by atoms with Gasteiger partial charge in [-0.05, 0) is 32.6 Å². The van der Waals surface area contributed by atoms with E-state index in [4.69, 9.17) is 5.26 Å². The van der Waals surface area contributed by atoms with Crippen LogP contribution in [0.1, 0.15) is 39.5 Å². The van der Waals surface area contributed by atoms with Crippen molar-refractivity contribution in [2.75, 3.05) is 0 Å². The van der Waals surface area contributed by atoms with Crippen LogP contribution < -0.4 is 0 Å². The van der Waals surface area contributed by atoms with Gasteiger partial charge in [0.25, 0.3) is 0 Å². The van der Waals surface area contributed by atoms with Crippen LogP contribution in [-0.4, -0.2) is 10.9 Å². The Kier molecular flexibility index (Phi) is 2.32. The van der Waals surface area contributed by atoms with Crippen LogP contribution in [0.3, 0.4) is 0 Å². The third-order valence-electron chi connectivity index (χ3n) is 2.57. The van der Waals surface area contributed by atoms with Crippen LogP contribution in [0.5, 0.6) is 0 Å². The molecule has 1 N–H and O–H groups in total. The first kappa shape index (κ1) is 8.02. The number of rotatable bonds is 2. The van der Waals surface area contributed by atoms with Crippen molar-refractivity contribution in [1.29, 1.82) is 0 Å². The fourth-order valence-corrected chi connectivity index (χ4v) is 1.70. The minimum Gasteiger partial charge on any atom is -0.251 e. The lowest BCUT2D eigenvalue weighted by atomic mass is 9.90. The molecule has 0 unspecified atom stereocenters. The van der Waals surface area contributed by atoms with Crippen LogP contribution in [0.15, 0.2) is 0 Å². The van der Waals surface area contributed by atoms with E-state index in [1.165, 1.54) is 25.7 Å². The Labute approximate surface area is 62.1 Å². The van der Waals surface area contributed by atoms with Gasteiger partial charge in [0, 0.05) is 0 Å². The fraction of sp³-hybridized carbons (Fsp3) is 1.00. The maximum atomic E-state index is 8.55. The predicted molar refractivity (Wildman–Crippen MR) is 39.8 cm³/mol. The van der Waals surface area contributed by atoms with Gasteiger partial charge in [-0.15, -0.1) is 0 Å². The molecule has 2 nitrogen and oxygen atoms in total. The minimum absolute atomic E-state index is 0.323. The first-order chi connectivity index (χ1) is 4.67. The van der Waals surface area contributed by atoms with Crippen LogP contribution in [0.2, 0.25) is 0 Å². The molecular formula is C8H16O2. The van der Waals surface area contributed by atoms with Crippen LogP contribution in [-0.2, 0) is 4.89 Å². The van der Waals surface area contributed by atoms with Gasteiger partial charge in [-0.25, -0.2) is 4.89 Å². The second kappa shape index (κ2) is 2.89. The van der Waals surface area contributed by atoms with Crippen molar-refractivity contribution in [1.82, 2.24) is 0 Å². The zero-order valence-corrected chi connectivity index (χ0v) is 6.76. The molecule has 2 heteroatoms. The molecule has 1 aliphatic rings. The van der Waals surface area contributed by atoms with Crippen LogP contribution >= 0.6 is 0 Å². The predicted octanol–water partition coefficient (Wildman–Crippen LogP) is 2.44. The molecule has 0 heterocycles. The van der Waals surface area contributed by atoms with Crippen LogP contribution in [0.25, 0.3) is 0 Å². The molecular weight excluding hydrogens is 128 g/mol. The van der Waals surface area contributed by atoms with Gasteiger partial charge in [0.05, 0.1) is 0 Å². The highest BCUT2D eigenvalue weighted by atomic mass is 17.1. The van der Waals surface area contributed by atoms with Gasteiger partial charge >= 0.3 is 0 Å². The highest BCUT2D eigenvalue weighted by Gasteiger charge is 2.32. The smallest absolute Gasteiger partial charge is 0.100 e. The van der Waals surface area contributed by atoms with Crippen molar-refractivity contribution < 1.29 is 10.1 Å². The highest BCUT2D eigenvalue weighted by molar-refractivity contribution is 4.82. The van der Waals surface area contributed by atoms with E-state index in [-0.39, 0.29) is 5.60 Å². The van der Waals surface area contributed by atoms with Gasteiger partial charge in [-0.3, -0.25) is 5.26 Å². The lowest BCUT2D eigenvalue weighted by Gasteiger charge is -2.27. The van der Waals surface area contributed by atoms with Gasteiger partial charge in [-0.1, -0.05) is 12.8 Å². The van der Waals surface area contributed by atoms with Gasteiger partial charge in [0.15, 0.2) is 0 Å². The summed E-state index contributed by atoms with van der Waals surface area (Å²) in [5.41, 5.74) is -0.323. The van der Waals surface area contributed by atoms with Crippen LogP contribution in [0, 0.1) is 5.92 Å². The van der Waals surface area contributed by atoms with Crippen molar-refractivity contribution in [3.05, 3.63) is 0 Å². The fourth-order valence-electron chi connectivity index (χ4n) is 1.70.